The summed E-state index contributed by atoms with van der Waals surface area (Å²) in [6.07, 6.45) is 4.12. The second kappa shape index (κ2) is 0.873. The predicted molar refractivity (Wildman–Crippen MR) is 26.9 cm³/mol. The maximum atomic E-state index is 8.58. The lowest BCUT2D eigenvalue weighted by Gasteiger charge is -1.81. The van der Waals surface area contributed by atoms with Gasteiger partial charge in [0.05, 0.1) is 0 Å². The number of aliphatic hydroxyl groups excluding tert-OH is 1. The summed E-state index contributed by atoms with van der Waals surface area (Å²) in [7, 11) is 0. The first-order valence-electron chi connectivity index (χ1n) is 2.98. The minimum atomic E-state index is 0.444. The van der Waals surface area contributed by atoms with E-state index >= 15 is 0 Å². The summed E-state index contributed by atoms with van der Waals surface area (Å²) >= 11 is 0. The Bertz CT molecular complexity index is 94.4. The summed E-state index contributed by atoms with van der Waals surface area (Å²) in [6.45, 7) is 0.444. The van der Waals surface area contributed by atoms with Crippen molar-refractivity contribution in [2.45, 2.75) is 19.3 Å². The topological polar surface area (TPSA) is 20.2 Å². The van der Waals surface area contributed by atoms with E-state index in [-0.39, 0.29) is 0 Å². The Morgan fingerprint density at radius 3 is 2.43 bits per heavy atom. The highest BCUT2D eigenvalue weighted by Crippen LogP contribution is 2.70. The monoisotopic (exact) mass is 98.1 g/mol. The molecule has 0 heterocycles. The average Bonchev–Trinajstić information content (AvgIpc) is 2.52. The number of hydrogen-bond donors (Lipinski definition) is 1. The minimum Gasteiger partial charge on any atom is -0.396 e. The van der Waals surface area contributed by atoms with Crippen LogP contribution in [0.1, 0.15) is 19.3 Å². The quantitative estimate of drug-likeness (QED) is 0.513. The molecule has 0 aliphatic heterocycles. The Kier molecular flexibility index (Phi) is 0.487. The van der Waals surface area contributed by atoms with Crippen molar-refractivity contribution in [3.05, 3.63) is 0 Å². The summed E-state index contributed by atoms with van der Waals surface area (Å²) < 4.78 is 0. The van der Waals surface area contributed by atoms with E-state index in [0.29, 0.717) is 12.5 Å². The summed E-state index contributed by atoms with van der Waals surface area (Å²) in [6, 6.07) is 0. The SMILES string of the molecule is OCC1CC12CC2. The van der Waals surface area contributed by atoms with Crippen molar-refractivity contribution in [1.82, 2.24) is 0 Å². The number of aliphatic hydroxyl groups is 1. The molecule has 0 aromatic heterocycles. The first kappa shape index (κ1) is 3.90. The van der Waals surface area contributed by atoms with Gasteiger partial charge in [-0.05, 0) is 30.6 Å². The zero-order chi connectivity index (χ0) is 4.91. The molecular formula is C6H10O. The summed E-state index contributed by atoms with van der Waals surface area (Å²) in [5, 5.41) is 8.58. The van der Waals surface area contributed by atoms with Crippen LogP contribution >= 0.6 is 0 Å². The van der Waals surface area contributed by atoms with Crippen LogP contribution in [0.25, 0.3) is 0 Å². The summed E-state index contributed by atoms with van der Waals surface area (Å²) in [5.74, 6) is 0.715. The molecule has 1 heteroatoms. The van der Waals surface area contributed by atoms with Crippen LogP contribution < -0.4 is 0 Å². The largest absolute Gasteiger partial charge is 0.396 e. The van der Waals surface area contributed by atoms with Crippen molar-refractivity contribution in [3.63, 3.8) is 0 Å². The molecule has 0 amide bonds. The van der Waals surface area contributed by atoms with Crippen molar-refractivity contribution in [1.29, 1.82) is 0 Å². The fourth-order valence-corrected chi connectivity index (χ4v) is 1.46. The molecule has 0 aromatic rings. The van der Waals surface area contributed by atoms with Crippen molar-refractivity contribution in [3.8, 4) is 0 Å². The highest BCUT2D eigenvalue weighted by molar-refractivity contribution is 5.11. The smallest absolute Gasteiger partial charge is 0.0464 e. The number of hydrogen-bond acceptors (Lipinski definition) is 1. The van der Waals surface area contributed by atoms with Gasteiger partial charge in [-0.2, -0.15) is 0 Å². The normalized spacial score (nSPS) is 41.6. The molecule has 1 N–H and O–H groups in total. The summed E-state index contributed by atoms with van der Waals surface area (Å²) in [4.78, 5) is 0. The van der Waals surface area contributed by atoms with Crippen LogP contribution in [0.15, 0.2) is 0 Å². The molecule has 2 aliphatic rings. The predicted octanol–water partition coefficient (Wildman–Crippen LogP) is 0.779. The van der Waals surface area contributed by atoms with Crippen LogP contribution in [-0.4, -0.2) is 11.7 Å². The van der Waals surface area contributed by atoms with Crippen LogP contribution in [0.5, 0.6) is 0 Å². The highest BCUT2D eigenvalue weighted by atomic mass is 16.3. The van der Waals surface area contributed by atoms with Gasteiger partial charge >= 0.3 is 0 Å². The van der Waals surface area contributed by atoms with Gasteiger partial charge in [-0.15, -0.1) is 0 Å². The van der Waals surface area contributed by atoms with Gasteiger partial charge in [-0.3, -0.25) is 0 Å². The molecule has 0 saturated heterocycles. The molecule has 1 unspecified atom stereocenters. The molecule has 0 aromatic carbocycles. The van der Waals surface area contributed by atoms with Crippen LogP contribution in [0.3, 0.4) is 0 Å². The van der Waals surface area contributed by atoms with Crippen molar-refractivity contribution >= 4 is 0 Å². The van der Waals surface area contributed by atoms with Crippen molar-refractivity contribution in [2.75, 3.05) is 6.61 Å². The molecule has 0 bridgehead atoms. The lowest BCUT2D eigenvalue weighted by atomic mass is 10.3. The first-order valence-corrected chi connectivity index (χ1v) is 2.98. The Morgan fingerprint density at radius 2 is 2.29 bits per heavy atom. The molecule has 1 spiro atoms. The maximum absolute atomic E-state index is 8.58. The standard InChI is InChI=1S/C6H10O/c7-4-5-3-6(5)1-2-6/h5,7H,1-4H2. The van der Waals surface area contributed by atoms with E-state index in [4.69, 9.17) is 5.11 Å². The zero-order valence-electron chi connectivity index (χ0n) is 4.35. The van der Waals surface area contributed by atoms with Gasteiger partial charge < -0.3 is 5.11 Å². The van der Waals surface area contributed by atoms with Gasteiger partial charge in [0, 0.05) is 6.61 Å². The van der Waals surface area contributed by atoms with E-state index in [1.807, 2.05) is 0 Å². The fourth-order valence-electron chi connectivity index (χ4n) is 1.46. The van der Waals surface area contributed by atoms with Crippen molar-refractivity contribution in [2.24, 2.45) is 11.3 Å². The van der Waals surface area contributed by atoms with E-state index in [1.54, 1.807) is 0 Å². The molecule has 2 aliphatic carbocycles. The Labute approximate surface area is 43.3 Å². The number of rotatable bonds is 1. The first-order chi connectivity index (χ1) is 3.37. The van der Waals surface area contributed by atoms with E-state index in [9.17, 15) is 0 Å². The fraction of sp³-hybridized carbons (Fsp3) is 1.00. The Morgan fingerprint density at radius 1 is 1.57 bits per heavy atom. The zero-order valence-corrected chi connectivity index (χ0v) is 4.35. The minimum absolute atomic E-state index is 0.444. The van der Waals surface area contributed by atoms with E-state index in [0.717, 1.165) is 5.41 Å². The molecule has 1 atom stereocenters. The van der Waals surface area contributed by atoms with Crippen LogP contribution in [0.4, 0.5) is 0 Å². The molecule has 1 nitrogen and oxygen atoms in total. The molecule has 7 heavy (non-hydrogen) atoms. The summed E-state index contributed by atoms with van der Waals surface area (Å²) in [5.41, 5.74) is 0.717. The molecule has 0 radical (unpaired) electrons. The van der Waals surface area contributed by atoms with E-state index < -0.39 is 0 Å². The Balaban J connectivity index is 1.97. The molecule has 2 rings (SSSR count). The third-order valence-electron chi connectivity index (χ3n) is 2.47. The van der Waals surface area contributed by atoms with Gasteiger partial charge in [0.25, 0.3) is 0 Å². The van der Waals surface area contributed by atoms with Crippen LogP contribution in [0, 0.1) is 11.3 Å². The van der Waals surface area contributed by atoms with Gasteiger partial charge in [0.2, 0.25) is 0 Å². The lowest BCUT2D eigenvalue weighted by Crippen LogP contribution is -1.85. The van der Waals surface area contributed by atoms with Gasteiger partial charge in [0.1, 0.15) is 0 Å². The second-order valence-corrected chi connectivity index (χ2v) is 2.95. The molecule has 2 saturated carbocycles. The van der Waals surface area contributed by atoms with Crippen LogP contribution in [0.2, 0.25) is 0 Å². The van der Waals surface area contributed by atoms with Gasteiger partial charge in [-0.1, -0.05) is 0 Å². The molecule has 40 valence electrons. The maximum Gasteiger partial charge on any atom is 0.0464 e. The van der Waals surface area contributed by atoms with Gasteiger partial charge in [-0.25, -0.2) is 0 Å². The molecule has 2 fully saturated rings. The Hall–Kier alpha value is -0.0400. The lowest BCUT2D eigenvalue weighted by molar-refractivity contribution is 0.267. The van der Waals surface area contributed by atoms with Crippen molar-refractivity contribution < 1.29 is 5.11 Å². The third-order valence-corrected chi connectivity index (χ3v) is 2.47. The highest BCUT2D eigenvalue weighted by Gasteiger charge is 2.61. The van der Waals surface area contributed by atoms with E-state index in [2.05, 4.69) is 0 Å². The van der Waals surface area contributed by atoms with E-state index in [1.165, 1.54) is 19.3 Å². The van der Waals surface area contributed by atoms with Crippen LogP contribution in [-0.2, 0) is 0 Å². The second-order valence-electron chi connectivity index (χ2n) is 2.95. The molecular weight excluding hydrogens is 88.1 g/mol. The van der Waals surface area contributed by atoms with Gasteiger partial charge in [0.15, 0.2) is 0 Å². The third kappa shape index (κ3) is 0.367. The average molecular weight is 98.1 g/mol.